The second kappa shape index (κ2) is 5.84. The minimum absolute atomic E-state index is 0.193. The first-order chi connectivity index (χ1) is 8.81. The molecule has 0 aliphatic rings. The van der Waals surface area contributed by atoms with E-state index < -0.39 is 5.54 Å². The van der Waals surface area contributed by atoms with Gasteiger partial charge in [-0.2, -0.15) is 0 Å². The monoisotopic (exact) mass is 263 g/mol. The largest absolute Gasteiger partial charge is 0.355 e. The Bertz CT molecular complexity index is 495. The van der Waals surface area contributed by atoms with E-state index in [1.165, 1.54) is 0 Å². The van der Waals surface area contributed by atoms with Crippen molar-refractivity contribution in [3.05, 3.63) is 29.3 Å². The van der Waals surface area contributed by atoms with Gasteiger partial charge in [0.2, 0.25) is 5.91 Å². The zero-order valence-electron chi connectivity index (χ0n) is 11.8. The molecule has 0 aliphatic heterocycles. The number of hydrogen-bond acceptors (Lipinski definition) is 3. The molecule has 0 saturated carbocycles. The van der Waals surface area contributed by atoms with Gasteiger partial charge < -0.3 is 16.4 Å². The van der Waals surface area contributed by atoms with E-state index in [0.717, 1.165) is 5.56 Å². The molecule has 104 valence electrons. The lowest BCUT2D eigenvalue weighted by Crippen LogP contribution is -2.47. The van der Waals surface area contributed by atoms with Crippen LogP contribution in [0.25, 0.3) is 0 Å². The zero-order chi connectivity index (χ0) is 14.6. The highest BCUT2D eigenvalue weighted by Gasteiger charge is 2.26. The Balaban J connectivity index is 3.01. The average molecular weight is 263 g/mol. The third-order valence-electron chi connectivity index (χ3n) is 3.23. The second-order valence-corrected chi connectivity index (χ2v) is 4.83. The molecular weight excluding hydrogens is 242 g/mol. The Hall–Kier alpha value is -1.88. The first-order valence-corrected chi connectivity index (χ1v) is 6.25. The highest BCUT2D eigenvalue weighted by atomic mass is 16.2. The predicted molar refractivity (Wildman–Crippen MR) is 76.1 cm³/mol. The van der Waals surface area contributed by atoms with Gasteiger partial charge in [-0.1, -0.05) is 13.0 Å². The van der Waals surface area contributed by atoms with Crippen LogP contribution in [0.5, 0.6) is 0 Å². The average Bonchev–Trinajstić information content (AvgIpc) is 2.40. The number of nitrogens with two attached hydrogens (primary N) is 1. The molecule has 0 aromatic heterocycles. The lowest BCUT2D eigenvalue weighted by atomic mass is 9.99. The predicted octanol–water partition coefficient (Wildman–Crippen LogP) is 1.42. The van der Waals surface area contributed by atoms with Crippen LogP contribution in [0.3, 0.4) is 0 Å². The molecule has 0 aliphatic carbocycles. The van der Waals surface area contributed by atoms with Gasteiger partial charge in [-0.3, -0.25) is 9.59 Å². The Kier molecular flexibility index (Phi) is 4.67. The van der Waals surface area contributed by atoms with Crippen molar-refractivity contribution in [3.63, 3.8) is 0 Å². The van der Waals surface area contributed by atoms with Crippen LogP contribution in [0.2, 0.25) is 0 Å². The number of nitrogens with one attached hydrogen (secondary N) is 2. The minimum atomic E-state index is -0.921. The van der Waals surface area contributed by atoms with Gasteiger partial charge in [0, 0.05) is 18.3 Å². The minimum Gasteiger partial charge on any atom is -0.355 e. The summed E-state index contributed by atoms with van der Waals surface area (Å²) in [5.41, 5.74) is 6.96. The number of anilines is 1. The third-order valence-corrected chi connectivity index (χ3v) is 3.23. The van der Waals surface area contributed by atoms with Gasteiger partial charge in [-0.25, -0.2) is 0 Å². The lowest BCUT2D eigenvalue weighted by Gasteiger charge is -2.22. The Morgan fingerprint density at radius 2 is 2.00 bits per heavy atom. The van der Waals surface area contributed by atoms with Crippen LogP contribution < -0.4 is 16.4 Å². The molecule has 1 aromatic rings. The topological polar surface area (TPSA) is 84.2 Å². The van der Waals surface area contributed by atoms with Crippen LogP contribution in [0, 0.1) is 6.92 Å². The van der Waals surface area contributed by atoms with Crippen LogP contribution in [-0.4, -0.2) is 24.4 Å². The molecule has 5 heteroatoms. The highest BCUT2D eigenvalue weighted by Crippen LogP contribution is 2.19. The van der Waals surface area contributed by atoms with E-state index in [2.05, 4.69) is 10.6 Å². The number of aryl methyl sites for hydroxylation is 1. The van der Waals surface area contributed by atoms with Gasteiger partial charge in [-0.05, 0) is 38.0 Å². The number of amides is 2. The van der Waals surface area contributed by atoms with Crippen LogP contribution in [0.4, 0.5) is 5.69 Å². The molecule has 1 rings (SSSR count). The smallest absolute Gasteiger partial charge is 0.251 e. The van der Waals surface area contributed by atoms with Crippen molar-refractivity contribution in [2.75, 3.05) is 12.4 Å². The highest BCUT2D eigenvalue weighted by molar-refractivity contribution is 6.00. The van der Waals surface area contributed by atoms with Gasteiger partial charge in [0.15, 0.2) is 0 Å². The number of carbonyl (C=O) groups is 2. The summed E-state index contributed by atoms with van der Waals surface area (Å²) in [6, 6.07) is 5.16. The van der Waals surface area contributed by atoms with Crippen molar-refractivity contribution < 1.29 is 9.59 Å². The van der Waals surface area contributed by atoms with Crippen molar-refractivity contribution >= 4 is 17.5 Å². The molecule has 0 spiro atoms. The SMILES string of the molecule is CCC(C)(N)C(=O)Nc1cc(C(=O)NC)ccc1C. The quantitative estimate of drug-likeness (QED) is 0.768. The van der Waals surface area contributed by atoms with Crippen molar-refractivity contribution in [1.29, 1.82) is 0 Å². The van der Waals surface area contributed by atoms with Crippen molar-refractivity contribution in [1.82, 2.24) is 5.32 Å². The summed E-state index contributed by atoms with van der Waals surface area (Å²) < 4.78 is 0. The van der Waals surface area contributed by atoms with E-state index in [9.17, 15) is 9.59 Å². The molecule has 4 N–H and O–H groups in total. The van der Waals surface area contributed by atoms with Crippen LogP contribution in [-0.2, 0) is 4.79 Å². The van der Waals surface area contributed by atoms with Crippen LogP contribution in [0.1, 0.15) is 36.2 Å². The molecule has 5 nitrogen and oxygen atoms in total. The summed E-state index contributed by atoms with van der Waals surface area (Å²) in [5, 5.41) is 5.32. The van der Waals surface area contributed by atoms with E-state index in [1.54, 1.807) is 32.2 Å². The van der Waals surface area contributed by atoms with E-state index in [1.807, 2.05) is 13.8 Å². The summed E-state index contributed by atoms with van der Waals surface area (Å²) in [7, 11) is 1.56. The molecule has 0 bridgehead atoms. The summed E-state index contributed by atoms with van der Waals surface area (Å²) in [6.07, 6.45) is 0.535. The van der Waals surface area contributed by atoms with Gasteiger partial charge in [0.25, 0.3) is 5.91 Å². The number of benzene rings is 1. The molecular formula is C14H21N3O2. The maximum absolute atomic E-state index is 12.0. The Morgan fingerprint density at radius 3 is 2.53 bits per heavy atom. The molecule has 0 saturated heterocycles. The van der Waals surface area contributed by atoms with Gasteiger partial charge in [-0.15, -0.1) is 0 Å². The first kappa shape index (κ1) is 15.2. The molecule has 1 aromatic carbocycles. The van der Waals surface area contributed by atoms with Gasteiger partial charge in [0.1, 0.15) is 0 Å². The maximum atomic E-state index is 12.0. The van der Waals surface area contributed by atoms with Crippen molar-refractivity contribution in [2.45, 2.75) is 32.7 Å². The zero-order valence-corrected chi connectivity index (χ0v) is 11.8. The van der Waals surface area contributed by atoms with E-state index in [4.69, 9.17) is 5.73 Å². The molecule has 2 amide bonds. The van der Waals surface area contributed by atoms with Crippen LogP contribution >= 0.6 is 0 Å². The molecule has 19 heavy (non-hydrogen) atoms. The molecule has 0 fully saturated rings. The fourth-order valence-corrected chi connectivity index (χ4v) is 1.47. The Labute approximate surface area is 113 Å². The first-order valence-electron chi connectivity index (χ1n) is 6.25. The number of rotatable bonds is 4. The summed E-state index contributed by atoms with van der Waals surface area (Å²) in [4.78, 5) is 23.6. The van der Waals surface area contributed by atoms with E-state index in [0.29, 0.717) is 17.7 Å². The summed E-state index contributed by atoms with van der Waals surface area (Å²) in [6.45, 7) is 5.40. The van der Waals surface area contributed by atoms with E-state index >= 15 is 0 Å². The normalized spacial score (nSPS) is 13.5. The fourth-order valence-electron chi connectivity index (χ4n) is 1.47. The van der Waals surface area contributed by atoms with Crippen LogP contribution in [0.15, 0.2) is 18.2 Å². The second-order valence-electron chi connectivity index (χ2n) is 4.83. The van der Waals surface area contributed by atoms with Crippen molar-refractivity contribution in [3.8, 4) is 0 Å². The fraction of sp³-hybridized carbons (Fsp3) is 0.429. The lowest BCUT2D eigenvalue weighted by molar-refractivity contribution is -0.120. The molecule has 0 heterocycles. The van der Waals surface area contributed by atoms with Gasteiger partial charge in [0.05, 0.1) is 5.54 Å². The number of carbonyl (C=O) groups excluding carboxylic acids is 2. The third kappa shape index (κ3) is 3.54. The molecule has 1 unspecified atom stereocenters. The van der Waals surface area contributed by atoms with Crippen molar-refractivity contribution in [2.24, 2.45) is 5.73 Å². The molecule has 0 radical (unpaired) electrons. The number of hydrogen-bond donors (Lipinski definition) is 3. The standard InChI is InChI=1S/C14H21N3O2/c1-5-14(3,15)13(19)17-11-8-10(12(18)16-4)7-6-9(11)2/h6-8H,5,15H2,1-4H3,(H,16,18)(H,17,19). The van der Waals surface area contributed by atoms with Gasteiger partial charge >= 0.3 is 0 Å². The van der Waals surface area contributed by atoms with E-state index in [-0.39, 0.29) is 11.8 Å². The molecule has 1 atom stereocenters. The summed E-state index contributed by atoms with van der Waals surface area (Å²) in [5.74, 6) is -0.450. The maximum Gasteiger partial charge on any atom is 0.251 e. The Morgan fingerprint density at radius 1 is 1.37 bits per heavy atom. The summed E-state index contributed by atoms with van der Waals surface area (Å²) >= 11 is 0.